The predicted octanol–water partition coefficient (Wildman–Crippen LogP) is 25.4. The van der Waals surface area contributed by atoms with E-state index in [1.54, 1.807) is 0 Å². The molecule has 1 aromatic heterocycles. The summed E-state index contributed by atoms with van der Waals surface area (Å²) in [5.41, 5.74) is 36.4. The van der Waals surface area contributed by atoms with Gasteiger partial charge < -0.3 is 14.4 Å². The average Bonchev–Trinajstić information content (AvgIpc) is 0.856. The van der Waals surface area contributed by atoms with Crippen LogP contribution in [0.25, 0.3) is 99.7 Å². The number of unbranched alkanes of at least 4 members (excludes halogenated alkanes) is 4. The maximum atomic E-state index is 2.80. The Morgan fingerprint density at radius 2 is 0.670 bits per heavy atom. The summed E-state index contributed by atoms with van der Waals surface area (Å²) in [6, 6.07) is 123. The van der Waals surface area contributed by atoms with Gasteiger partial charge in [0, 0.05) is 64.2 Å². The van der Waals surface area contributed by atoms with Crippen molar-refractivity contribution in [1.29, 1.82) is 0 Å². The molecule has 0 saturated carbocycles. The molecule has 0 unspecified atom stereocenters. The van der Waals surface area contributed by atoms with Gasteiger partial charge in [0.2, 0.25) is 0 Å². The molecule has 0 atom stereocenters. The van der Waals surface area contributed by atoms with Crippen LogP contribution in [0.1, 0.15) is 114 Å². The first-order valence-electron chi connectivity index (χ1n) is 38.6. The van der Waals surface area contributed by atoms with Gasteiger partial charge in [0.15, 0.2) is 0 Å². The van der Waals surface area contributed by atoms with E-state index in [1.807, 2.05) is 0 Å². The third-order valence-electron chi connectivity index (χ3n) is 22.7. The number of fused-ring (bicyclic) bond motifs is 7. The van der Waals surface area contributed by atoms with E-state index in [1.165, 1.54) is 198 Å². The minimum Gasteiger partial charge on any atom is -0.338 e. The molecule has 0 saturated heterocycles. The van der Waals surface area contributed by atoms with Gasteiger partial charge in [0.25, 0.3) is 6.71 Å². The first-order chi connectivity index (χ1) is 51.8. The molecule has 15 aromatic rings. The summed E-state index contributed by atoms with van der Waals surface area (Å²) < 4.78 is 2.62. The van der Waals surface area contributed by atoms with Crippen molar-refractivity contribution >= 4 is 67.7 Å². The van der Waals surface area contributed by atoms with Crippen molar-refractivity contribution in [2.45, 2.75) is 117 Å². The first-order valence-corrected chi connectivity index (χ1v) is 38.6. The molecule has 0 N–H and O–H groups in total. The van der Waals surface area contributed by atoms with Crippen molar-refractivity contribution < 1.29 is 0 Å². The molecule has 2 aliphatic rings. The van der Waals surface area contributed by atoms with E-state index >= 15 is 0 Å². The molecule has 0 radical (unpaired) electrons. The average molecular weight is 1370 g/mol. The van der Waals surface area contributed by atoms with Crippen LogP contribution in [0.5, 0.6) is 0 Å². The van der Waals surface area contributed by atoms with Crippen LogP contribution in [0, 0.1) is 0 Å². The summed E-state index contributed by atoms with van der Waals surface area (Å²) in [5.74, 6) is 0. The molecule has 106 heavy (non-hydrogen) atoms. The molecule has 0 amide bonds. The molecule has 17 rings (SSSR count). The third-order valence-corrected chi connectivity index (χ3v) is 22.7. The van der Waals surface area contributed by atoms with Gasteiger partial charge in [-0.1, -0.05) is 323 Å². The number of aryl methyl sites for hydroxylation is 1. The quantitative estimate of drug-likeness (QED) is 0.0590. The second kappa shape index (κ2) is 28.5. The standard InChI is InChI=1S/C102H92BN3/c1-8-9-10-11-19-34-70-57-98-100-99(58-70)106(69-91-86(77-45-30-17-31-46-77)62-81(74-39-24-14-25-40-74)63-87(91)78-47-32-18-33-48-78)97-59-71(67-104-94-55-51-82(101(2,3)4)65-88(94)89-66-83(102(5,6)7)52-56-95(89)104)49-53-92(97)103(100)93-64-79(72-35-20-12-21-36-72)50-54-96(93)105(98)68-90-84(75-41-26-15-27-42-75)60-80(73-37-22-13-23-38-73)61-85(90)76-43-28-16-29-44-76/h12-18,20-33,35-66H,8-11,19,34,67-69H2,1-7H3. The second-order valence-electron chi connectivity index (χ2n) is 31.7. The highest BCUT2D eigenvalue weighted by Gasteiger charge is 2.44. The normalized spacial score (nSPS) is 12.6. The van der Waals surface area contributed by atoms with E-state index in [0.29, 0.717) is 19.6 Å². The van der Waals surface area contributed by atoms with Crippen molar-refractivity contribution in [2.24, 2.45) is 0 Å². The van der Waals surface area contributed by atoms with Crippen LogP contribution in [-0.4, -0.2) is 11.3 Å². The lowest BCUT2D eigenvalue weighted by Gasteiger charge is -2.45. The molecule has 0 spiro atoms. The number of benzene rings is 14. The van der Waals surface area contributed by atoms with Crippen LogP contribution in [0.2, 0.25) is 0 Å². The number of nitrogens with zero attached hydrogens (tertiary/aromatic N) is 3. The van der Waals surface area contributed by atoms with Crippen molar-refractivity contribution in [1.82, 2.24) is 4.57 Å². The van der Waals surface area contributed by atoms with E-state index in [9.17, 15) is 0 Å². The van der Waals surface area contributed by atoms with E-state index in [2.05, 4.69) is 384 Å². The lowest BCUT2D eigenvalue weighted by molar-refractivity contribution is 0.590. The molecule has 518 valence electrons. The summed E-state index contributed by atoms with van der Waals surface area (Å²) in [6.45, 7) is 18.2. The molecule has 3 heterocycles. The van der Waals surface area contributed by atoms with E-state index in [4.69, 9.17) is 0 Å². The van der Waals surface area contributed by atoms with Crippen LogP contribution < -0.4 is 26.2 Å². The maximum absolute atomic E-state index is 2.80. The van der Waals surface area contributed by atoms with Gasteiger partial charge in [0.1, 0.15) is 0 Å². The molecule has 14 aromatic carbocycles. The zero-order valence-corrected chi connectivity index (χ0v) is 62.4. The smallest absolute Gasteiger partial charge is 0.252 e. The van der Waals surface area contributed by atoms with Crippen LogP contribution >= 0.6 is 0 Å². The van der Waals surface area contributed by atoms with Gasteiger partial charge in [-0.05, 0) is 224 Å². The van der Waals surface area contributed by atoms with E-state index in [0.717, 1.165) is 12.8 Å². The predicted molar refractivity (Wildman–Crippen MR) is 455 cm³/mol. The van der Waals surface area contributed by atoms with Crippen molar-refractivity contribution in [3.8, 4) is 77.9 Å². The lowest BCUT2D eigenvalue weighted by atomic mass is 9.33. The molecule has 4 heteroatoms. The van der Waals surface area contributed by atoms with Gasteiger partial charge in [-0.15, -0.1) is 0 Å². The molecule has 0 aliphatic carbocycles. The van der Waals surface area contributed by atoms with Crippen molar-refractivity contribution in [2.75, 3.05) is 9.80 Å². The Labute approximate surface area is 628 Å². The fourth-order valence-electron chi connectivity index (χ4n) is 17.1. The van der Waals surface area contributed by atoms with Crippen LogP contribution in [-0.2, 0) is 36.9 Å². The number of anilines is 4. The number of rotatable bonds is 19. The van der Waals surface area contributed by atoms with Gasteiger partial charge in [0.05, 0.1) is 0 Å². The second-order valence-corrected chi connectivity index (χ2v) is 31.7. The van der Waals surface area contributed by atoms with Gasteiger partial charge in [-0.25, -0.2) is 0 Å². The highest BCUT2D eigenvalue weighted by atomic mass is 15.2. The molecule has 2 aliphatic heterocycles. The number of hydrogen-bond acceptors (Lipinski definition) is 2. The highest BCUT2D eigenvalue weighted by Crippen LogP contribution is 2.48. The third kappa shape index (κ3) is 13.1. The Morgan fingerprint density at radius 3 is 1.08 bits per heavy atom. The topological polar surface area (TPSA) is 11.4 Å². The molecule has 0 fully saturated rings. The van der Waals surface area contributed by atoms with E-state index < -0.39 is 0 Å². The number of aromatic nitrogens is 1. The summed E-state index contributed by atoms with van der Waals surface area (Å²) in [5, 5.41) is 2.63. The monoisotopic (exact) mass is 1370 g/mol. The Bertz CT molecular complexity index is 5500. The van der Waals surface area contributed by atoms with Crippen LogP contribution in [0.3, 0.4) is 0 Å². The molecule has 3 nitrogen and oxygen atoms in total. The summed E-state index contributed by atoms with van der Waals surface area (Å²) in [7, 11) is 0. The zero-order chi connectivity index (χ0) is 72.0. The summed E-state index contributed by atoms with van der Waals surface area (Å²) in [4.78, 5) is 5.55. The van der Waals surface area contributed by atoms with Crippen molar-refractivity contribution in [3.05, 3.63) is 355 Å². The minimum atomic E-state index is -0.121. The summed E-state index contributed by atoms with van der Waals surface area (Å²) >= 11 is 0. The van der Waals surface area contributed by atoms with Crippen molar-refractivity contribution in [3.63, 3.8) is 0 Å². The Kier molecular flexibility index (Phi) is 18.2. The Balaban J connectivity index is 0.951. The van der Waals surface area contributed by atoms with Gasteiger partial charge in [-0.2, -0.15) is 0 Å². The lowest BCUT2D eigenvalue weighted by Crippen LogP contribution is -2.62. The minimum absolute atomic E-state index is 0.0130. The number of hydrogen-bond donors (Lipinski definition) is 0. The Hall–Kier alpha value is -11.5. The SMILES string of the molecule is CCCCCCCc1cc2c3c(c1)N(Cc1c(-c4ccccc4)cc(-c4ccccc4)cc1-c1ccccc1)c1cc(Cn4c5ccc(C(C)(C)C)cc5c5cc(C(C)(C)C)ccc54)ccc1B3c1cc(-c3ccccc3)ccc1N2Cc1c(-c2ccccc2)cc(-c2ccccc2)cc1-c1ccccc1. The maximum Gasteiger partial charge on any atom is 0.252 e. The highest BCUT2D eigenvalue weighted by molar-refractivity contribution is 7.00. The van der Waals surface area contributed by atoms with Gasteiger partial charge >= 0.3 is 0 Å². The fraction of sp³-hybridized carbons (Fsp3) is 0.176. The molecular weight excluding hydrogens is 1280 g/mol. The van der Waals surface area contributed by atoms with E-state index in [-0.39, 0.29) is 17.5 Å². The molecule has 0 bridgehead atoms. The van der Waals surface area contributed by atoms with Crippen LogP contribution in [0.15, 0.2) is 322 Å². The zero-order valence-electron chi connectivity index (χ0n) is 62.4. The first kappa shape index (κ1) is 67.7. The largest absolute Gasteiger partial charge is 0.338 e. The Morgan fingerprint density at radius 1 is 0.283 bits per heavy atom. The van der Waals surface area contributed by atoms with Crippen LogP contribution in [0.4, 0.5) is 22.7 Å². The summed E-state index contributed by atoms with van der Waals surface area (Å²) in [6.07, 6.45) is 6.96. The fourth-order valence-corrected chi connectivity index (χ4v) is 17.1. The van der Waals surface area contributed by atoms with Gasteiger partial charge in [-0.3, -0.25) is 0 Å². The molecular formula is C102H92BN3.